The maximum absolute atomic E-state index is 4.76. The monoisotopic (exact) mass is 371 g/mol. The summed E-state index contributed by atoms with van der Waals surface area (Å²) >= 11 is 0. The number of aromatic nitrogens is 2. The molecular weight excluding hydrogens is 346 g/mol. The molecule has 3 heterocycles. The van der Waals surface area contributed by atoms with E-state index in [0.717, 1.165) is 37.0 Å². The van der Waals surface area contributed by atoms with Gasteiger partial charge in [0.2, 0.25) is 5.95 Å². The molecule has 5 nitrogen and oxygen atoms in total. The van der Waals surface area contributed by atoms with Crippen LogP contribution in [0.25, 0.3) is 0 Å². The Morgan fingerprint density at radius 2 is 1.57 bits per heavy atom. The van der Waals surface area contributed by atoms with Gasteiger partial charge < -0.3 is 15.1 Å². The van der Waals surface area contributed by atoms with E-state index >= 15 is 0 Å². The first kappa shape index (κ1) is 17.0. The second kappa shape index (κ2) is 7.50. The topological polar surface area (TPSA) is 44.3 Å². The Morgan fingerprint density at radius 3 is 2.39 bits per heavy atom. The summed E-state index contributed by atoms with van der Waals surface area (Å²) in [5.41, 5.74) is 5.16. The Labute approximate surface area is 166 Å². The van der Waals surface area contributed by atoms with Gasteiger partial charge in [-0.15, -0.1) is 0 Å². The summed E-state index contributed by atoms with van der Waals surface area (Å²) in [4.78, 5) is 14.0. The van der Waals surface area contributed by atoms with Crippen molar-refractivity contribution in [1.29, 1.82) is 0 Å². The van der Waals surface area contributed by atoms with Crippen molar-refractivity contribution in [2.45, 2.75) is 25.8 Å². The standard InChI is InChI=1S/C23H25N5/c1-2-6-19-17-28(16-12-18(19)5-1)23-24-13-11-22(26-23)25-20-7-9-21(10-8-20)27-14-3-4-15-27/h1-2,5-11,13H,3-4,12,14-17H2,(H,24,25,26). The highest BCUT2D eigenvalue weighted by Gasteiger charge is 2.18. The summed E-state index contributed by atoms with van der Waals surface area (Å²) in [6, 6.07) is 19.2. The number of rotatable bonds is 4. The zero-order valence-corrected chi connectivity index (χ0v) is 16.0. The van der Waals surface area contributed by atoms with Gasteiger partial charge >= 0.3 is 0 Å². The van der Waals surface area contributed by atoms with Crippen LogP contribution in [-0.2, 0) is 13.0 Å². The van der Waals surface area contributed by atoms with E-state index in [1.165, 1.54) is 42.7 Å². The smallest absolute Gasteiger partial charge is 0.227 e. The number of hydrogen-bond acceptors (Lipinski definition) is 5. The maximum atomic E-state index is 4.76. The molecule has 0 atom stereocenters. The van der Waals surface area contributed by atoms with Gasteiger partial charge in [0.15, 0.2) is 0 Å². The lowest BCUT2D eigenvalue weighted by molar-refractivity contribution is 0.708. The fraction of sp³-hybridized carbons (Fsp3) is 0.304. The number of benzene rings is 2. The third-order valence-electron chi connectivity index (χ3n) is 5.67. The van der Waals surface area contributed by atoms with Gasteiger partial charge in [0.05, 0.1) is 0 Å². The zero-order chi connectivity index (χ0) is 18.8. The Balaban J connectivity index is 1.29. The average molecular weight is 371 g/mol. The summed E-state index contributed by atoms with van der Waals surface area (Å²) < 4.78 is 0. The minimum atomic E-state index is 0.785. The minimum Gasteiger partial charge on any atom is -0.372 e. The van der Waals surface area contributed by atoms with Crippen molar-refractivity contribution in [3.63, 3.8) is 0 Å². The Kier molecular flexibility index (Phi) is 4.57. The molecule has 3 aromatic rings. The summed E-state index contributed by atoms with van der Waals surface area (Å²) in [6.07, 6.45) is 5.47. The first-order chi connectivity index (χ1) is 13.8. The number of anilines is 4. The van der Waals surface area contributed by atoms with Crippen molar-refractivity contribution in [3.8, 4) is 0 Å². The van der Waals surface area contributed by atoms with Gasteiger partial charge in [0, 0.05) is 43.8 Å². The van der Waals surface area contributed by atoms with Crippen molar-refractivity contribution in [2.75, 3.05) is 34.8 Å². The normalized spacial score (nSPS) is 16.1. The fourth-order valence-electron chi connectivity index (χ4n) is 4.12. The van der Waals surface area contributed by atoms with Crippen molar-refractivity contribution in [3.05, 3.63) is 71.9 Å². The van der Waals surface area contributed by atoms with Gasteiger partial charge in [-0.2, -0.15) is 4.98 Å². The first-order valence-corrected chi connectivity index (χ1v) is 10.1. The number of nitrogens with zero attached hydrogens (tertiary/aromatic N) is 4. The molecule has 2 aliphatic heterocycles. The number of nitrogens with one attached hydrogen (secondary N) is 1. The largest absolute Gasteiger partial charge is 0.372 e. The van der Waals surface area contributed by atoms with Crippen LogP contribution in [0, 0.1) is 0 Å². The highest BCUT2D eigenvalue weighted by Crippen LogP contribution is 2.25. The highest BCUT2D eigenvalue weighted by molar-refractivity contribution is 5.61. The zero-order valence-electron chi connectivity index (χ0n) is 16.0. The predicted octanol–water partition coefficient (Wildman–Crippen LogP) is 4.38. The van der Waals surface area contributed by atoms with Gasteiger partial charge in [-0.25, -0.2) is 4.98 Å². The molecule has 0 saturated carbocycles. The molecule has 5 rings (SSSR count). The molecule has 2 aromatic carbocycles. The SMILES string of the molecule is c1ccc2c(c1)CCN(c1nccc(Nc3ccc(N4CCCC4)cc3)n1)C2. The molecule has 0 aliphatic carbocycles. The molecule has 0 unspecified atom stereocenters. The summed E-state index contributed by atoms with van der Waals surface area (Å²) in [5.74, 6) is 1.62. The second-order valence-electron chi connectivity index (χ2n) is 7.55. The minimum absolute atomic E-state index is 0.785. The molecule has 0 radical (unpaired) electrons. The molecule has 28 heavy (non-hydrogen) atoms. The van der Waals surface area contributed by atoms with E-state index in [0.29, 0.717) is 0 Å². The molecule has 1 saturated heterocycles. The van der Waals surface area contributed by atoms with Gasteiger partial charge in [-0.3, -0.25) is 0 Å². The second-order valence-corrected chi connectivity index (χ2v) is 7.55. The van der Waals surface area contributed by atoms with Gasteiger partial charge in [-0.05, 0) is 60.7 Å². The summed E-state index contributed by atoms with van der Waals surface area (Å²) in [6.45, 7) is 4.15. The molecule has 1 fully saturated rings. The predicted molar refractivity (Wildman–Crippen MR) is 114 cm³/mol. The van der Waals surface area contributed by atoms with E-state index in [2.05, 4.69) is 68.6 Å². The highest BCUT2D eigenvalue weighted by atomic mass is 15.3. The molecule has 1 aromatic heterocycles. The van der Waals surface area contributed by atoms with E-state index in [4.69, 9.17) is 4.98 Å². The van der Waals surface area contributed by atoms with Crippen LogP contribution in [-0.4, -0.2) is 29.6 Å². The van der Waals surface area contributed by atoms with Crippen molar-refractivity contribution >= 4 is 23.1 Å². The summed E-state index contributed by atoms with van der Waals surface area (Å²) in [7, 11) is 0. The van der Waals surface area contributed by atoms with Gasteiger partial charge in [-0.1, -0.05) is 24.3 Å². The Bertz CT molecular complexity index is 947. The van der Waals surface area contributed by atoms with E-state index in [1.54, 1.807) is 0 Å². The van der Waals surface area contributed by atoms with Crippen LogP contribution < -0.4 is 15.1 Å². The quantitative estimate of drug-likeness (QED) is 0.737. The van der Waals surface area contributed by atoms with E-state index in [9.17, 15) is 0 Å². The van der Waals surface area contributed by atoms with E-state index < -0.39 is 0 Å². The van der Waals surface area contributed by atoms with Crippen LogP contribution in [0.3, 0.4) is 0 Å². The first-order valence-electron chi connectivity index (χ1n) is 10.1. The Hall–Kier alpha value is -3.08. The molecule has 0 spiro atoms. The van der Waals surface area contributed by atoms with Gasteiger partial charge in [0.1, 0.15) is 5.82 Å². The van der Waals surface area contributed by atoms with Crippen LogP contribution in [0.15, 0.2) is 60.8 Å². The van der Waals surface area contributed by atoms with Crippen molar-refractivity contribution in [1.82, 2.24) is 9.97 Å². The molecule has 1 N–H and O–H groups in total. The van der Waals surface area contributed by atoms with Crippen LogP contribution in [0.2, 0.25) is 0 Å². The number of fused-ring (bicyclic) bond motifs is 1. The fourth-order valence-corrected chi connectivity index (χ4v) is 4.12. The van der Waals surface area contributed by atoms with Crippen molar-refractivity contribution < 1.29 is 0 Å². The Morgan fingerprint density at radius 1 is 0.786 bits per heavy atom. The summed E-state index contributed by atoms with van der Waals surface area (Å²) in [5, 5.41) is 3.42. The molecule has 142 valence electrons. The van der Waals surface area contributed by atoms with Crippen LogP contribution in [0.4, 0.5) is 23.1 Å². The van der Waals surface area contributed by atoms with Crippen LogP contribution >= 0.6 is 0 Å². The van der Waals surface area contributed by atoms with E-state index in [1.807, 2.05) is 12.3 Å². The average Bonchev–Trinajstić information content (AvgIpc) is 3.29. The van der Waals surface area contributed by atoms with Gasteiger partial charge in [0.25, 0.3) is 0 Å². The van der Waals surface area contributed by atoms with Crippen LogP contribution in [0.5, 0.6) is 0 Å². The molecule has 2 aliphatic rings. The molecule has 5 heteroatoms. The lowest BCUT2D eigenvalue weighted by atomic mass is 10.0. The van der Waals surface area contributed by atoms with E-state index in [-0.39, 0.29) is 0 Å². The number of hydrogen-bond donors (Lipinski definition) is 1. The van der Waals surface area contributed by atoms with Crippen LogP contribution in [0.1, 0.15) is 24.0 Å². The maximum Gasteiger partial charge on any atom is 0.227 e. The molecule has 0 bridgehead atoms. The molecular formula is C23H25N5. The van der Waals surface area contributed by atoms with Crippen molar-refractivity contribution in [2.24, 2.45) is 0 Å². The molecule has 0 amide bonds. The lowest BCUT2D eigenvalue weighted by Gasteiger charge is -2.29. The third-order valence-corrected chi connectivity index (χ3v) is 5.67. The lowest BCUT2D eigenvalue weighted by Crippen LogP contribution is -2.31. The third kappa shape index (κ3) is 3.52.